The number of carbonyl (C=O) groups excluding carboxylic acids is 1. The van der Waals surface area contributed by atoms with Gasteiger partial charge in [0.05, 0.1) is 6.61 Å². The van der Waals surface area contributed by atoms with Crippen LogP contribution in [0.1, 0.15) is 41.4 Å². The fraction of sp³-hybridized carbons (Fsp3) is 0.389. The Morgan fingerprint density at radius 2 is 2.00 bits per heavy atom. The molecule has 2 N–H and O–H groups in total. The van der Waals surface area contributed by atoms with Gasteiger partial charge in [-0.2, -0.15) is 0 Å². The number of benzene rings is 1. The van der Waals surface area contributed by atoms with Crippen molar-refractivity contribution in [3.8, 4) is 0 Å². The second kappa shape index (κ2) is 8.40. The summed E-state index contributed by atoms with van der Waals surface area (Å²) in [5.74, 6) is 0.670. The van der Waals surface area contributed by atoms with E-state index in [9.17, 15) is 4.79 Å². The number of hydrogen-bond donors (Lipinski definition) is 2. The van der Waals surface area contributed by atoms with E-state index in [0.717, 1.165) is 16.8 Å². The maximum atomic E-state index is 12.5. The van der Waals surface area contributed by atoms with Crippen LogP contribution in [0, 0.1) is 6.92 Å². The van der Waals surface area contributed by atoms with Crippen molar-refractivity contribution in [3.63, 3.8) is 0 Å². The summed E-state index contributed by atoms with van der Waals surface area (Å²) in [5.41, 5.74) is 3.27. The Balaban J connectivity index is 2.10. The average Bonchev–Trinajstić information content (AvgIpc) is 2.57. The van der Waals surface area contributed by atoms with Gasteiger partial charge >= 0.3 is 0 Å². The molecule has 0 atom stereocenters. The smallest absolute Gasteiger partial charge is 0.276 e. The first kappa shape index (κ1) is 17.9. The third-order valence-electron chi connectivity index (χ3n) is 3.68. The lowest BCUT2D eigenvalue weighted by Gasteiger charge is -2.16. The lowest BCUT2D eigenvalue weighted by molar-refractivity contribution is 0.102. The highest BCUT2D eigenvalue weighted by molar-refractivity contribution is 6.03. The molecule has 0 aliphatic rings. The van der Waals surface area contributed by atoms with Gasteiger partial charge in [0, 0.05) is 19.3 Å². The van der Waals surface area contributed by atoms with Crippen LogP contribution in [0.15, 0.2) is 30.3 Å². The molecule has 0 aliphatic heterocycles. The number of nitrogens with zero attached hydrogens (tertiary/aromatic N) is 2. The number of amides is 1. The van der Waals surface area contributed by atoms with Crippen LogP contribution in [-0.4, -0.2) is 36.4 Å². The van der Waals surface area contributed by atoms with Gasteiger partial charge in [-0.05, 0) is 36.1 Å². The minimum absolute atomic E-state index is 0.262. The fourth-order valence-corrected chi connectivity index (χ4v) is 2.35. The van der Waals surface area contributed by atoms with Crippen LogP contribution >= 0.6 is 0 Å². The maximum absolute atomic E-state index is 12.5. The number of ether oxygens (including phenoxy) is 1. The third-order valence-corrected chi connectivity index (χ3v) is 3.68. The Bertz CT molecular complexity index is 684. The van der Waals surface area contributed by atoms with Gasteiger partial charge in [0.1, 0.15) is 5.82 Å². The highest BCUT2D eigenvalue weighted by Crippen LogP contribution is 2.27. The van der Waals surface area contributed by atoms with Crippen LogP contribution in [-0.2, 0) is 4.74 Å². The molecule has 0 aliphatic carbocycles. The standard InChI is InChI=1S/C18H24N4O2/c1-12(2)14-7-5-6-13(3)17(14)20-18(23)15-8-9-16(22-21-15)19-10-11-24-4/h5-9,12H,10-11H2,1-4H3,(H,19,22)(H,20,23). The first-order chi connectivity index (χ1) is 11.5. The molecule has 1 aromatic carbocycles. The first-order valence-electron chi connectivity index (χ1n) is 8.00. The average molecular weight is 328 g/mol. The van der Waals surface area contributed by atoms with Crippen LogP contribution in [0.25, 0.3) is 0 Å². The molecule has 0 radical (unpaired) electrons. The number of anilines is 2. The van der Waals surface area contributed by atoms with Gasteiger partial charge < -0.3 is 15.4 Å². The molecule has 2 aromatic rings. The number of nitrogens with one attached hydrogen (secondary N) is 2. The van der Waals surface area contributed by atoms with Crippen LogP contribution in [0.2, 0.25) is 0 Å². The van der Waals surface area contributed by atoms with E-state index in [2.05, 4.69) is 34.7 Å². The molecule has 1 amide bonds. The molecule has 6 heteroatoms. The van der Waals surface area contributed by atoms with Gasteiger partial charge in [-0.25, -0.2) is 0 Å². The molecule has 0 unspecified atom stereocenters. The van der Waals surface area contributed by atoms with Crippen molar-refractivity contribution >= 4 is 17.4 Å². The summed E-state index contributed by atoms with van der Waals surface area (Å²) in [6, 6.07) is 9.40. The Morgan fingerprint density at radius 3 is 2.62 bits per heavy atom. The van der Waals surface area contributed by atoms with E-state index >= 15 is 0 Å². The zero-order valence-corrected chi connectivity index (χ0v) is 14.6. The van der Waals surface area contributed by atoms with Crippen molar-refractivity contribution in [2.75, 3.05) is 30.9 Å². The van der Waals surface area contributed by atoms with Gasteiger partial charge in [-0.3, -0.25) is 4.79 Å². The van der Waals surface area contributed by atoms with Crippen molar-refractivity contribution in [2.24, 2.45) is 0 Å². The molecule has 0 saturated carbocycles. The van der Waals surface area contributed by atoms with E-state index in [-0.39, 0.29) is 11.6 Å². The topological polar surface area (TPSA) is 76.1 Å². The van der Waals surface area contributed by atoms with Crippen molar-refractivity contribution < 1.29 is 9.53 Å². The molecule has 1 aromatic heterocycles. The highest BCUT2D eigenvalue weighted by Gasteiger charge is 2.14. The zero-order valence-electron chi connectivity index (χ0n) is 14.6. The number of hydrogen-bond acceptors (Lipinski definition) is 5. The van der Waals surface area contributed by atoms with Crippen molar-refractivity contribution in [1.29, 1.82) is 0 Å². The summed E-state index contributed by atoms with van der Waals surface area (Å²) in [6.45, 7) is 7.40. The summed E-state index contributed by atoms with van der Waals surface area (Å²) >= 11 is 0. The minimum atomic E-state index is -0.262. The number of methoxy groups -OCH3 is 1. The van der Waals surface area contributed by atoms with E-state index < -0.39 is 0 Å². The quantitative estimate of drug-likeness (QED) is 0.763. The van der Waals surface area contributed by atoms with Crippen molar-refractivity contribution in [2.45, 2.75) is 26.7 Å². The Labute approximate surface area is 142 Å². The summed E-state index contributed by atoms with van der Waals surface area (Å²) in [4.78, 5) is 12.5. The molecule has 24 heavy (non-hydrogen) atoms. The van der Waals surface area contributed by atoms with Gasteiger partial charge in [0.15, 0.2) is 5.69 Å². The zero-order chi connectivity index (χ0) is 17.5. The highest BCUT2D eigenvalue weighted by atomic mass is 16.5. The predicted octanol–water partition coefficient (Wildman–Crippen LogP) is 3.22. The van der Waals surface area contributed by atoms with Gasteiger partial charge in [-0.15, -0.1) is 10.2 Å². The van der Waals surface area contributed by atoms with E-state index in [4.69, 9.17) is 4.74 Å². The Morgan fingerprint density at radius 1 is 1.21 bits per heavy atom. The fourth-order valence-electron chi connectivity index (χ4n) is 2.35. The first-order valence-corrected chi connectivity index (χ1v) is 8.00. The maximum Gasteiger partial charge on any atom is 0.276 e. The molecule has 0 saturated heterocycles. The van der Waals surface area contributed by atoms with Crippen molar-refractivity contribution in [3.05, 3.63) is 47.2 Å². The monoisotopic (exact) mass is 328 g/mol. The molecular formula is C18H24N4O2. The number of carbonyl (C=O) groups is 1. The van der Waals surface area contributed by atoms with E-state index in [0.29, 0.717) is 24.9 Å². The molecule has 0 bridgehead atoms. The molecule has 1 heterocycles. The summed E-state index contributed by atoms with van der Waals surface area (Å²) < 4.78 is 4.96. The minimum Gasteiger partial charge on any atom is -0.383 e. The summed E-state index contributed by atoms with van der Waals surface area (Å²) in [5, 5.41) is 14.0. The summed E-state index contributed by atoms with van der Waals surface area (Å²) in [7, 11) is 1.64. The Kier molecular flexibility index (Phi) is 6.26. The second-order valence-electron chi connectivity index (χ2n) is 5.87. The molecular weight excluding hydrogens is 304 g/mol. The van der Waals surface area contributed by atoms with Crippen LogP contribution < -0.4 is 10.6 Å². The molecule has 0 spiro atoms. The third kappa shape index (κ3) is 4.52. The SMILES string of the molecule is COCCNc1ccc(C(=O)Nc2c(C)cccc2C(C)C)nn1. The van der Waals surface area contributed by atoms with E-state index in [1.54, 1.807) is 19.2 Å². The normalized spacial score (nSPS) is 10.7. The lowest BCUT2D eigenvalue weighted by atomic mass is 9.98. The van der Waals surface area contributed by atoms with Crippen LogP contribution in [0.3, 0.4) is 0 Å². The largest absolute Gasteiger partial charge is 0.383 e. The predicted molar refractivity (Wildman–Crippen MR) is 95.6 cm³/mol. The number of para-hydroxylation sites is 1. The second-order valence-corrected chi connectivity index (χ2v) is 5.87. The van der Waals surface area contributed by atoms with Gasteiger partial charge in [-0.1, -0.05) is 32.0 Å². The number of aromatic nitrogens is 2. The summed E-state index contributed by atoms with van der Waals surface area (Å²) in [6.07, 6.45) is 0. The number of aryl methyl sites for hydroxylation is 1. The molecule has 0 fully saturated rings. The molecule has 128 valence electrons. The molecule has 2 rings (SSSR count). The van der Waals surface area contributed by atoms with Crippen LogP contribution in [0.5, 0.6) is 0 Å². The van der Waals surface area contributed by atoms with Gasteiger partial charge in [0.2, 0.25) is 0 Å². The van der Waals surface area contributed by atoms with E-state index in [1.165, 1.54) is 0 Å². The lowest BCUT2D eigenvalue weighted by Crippen LogP contribution is -2.17. The molecule has 6 nitrogen and oxygen atoms in total. The Hall–Kier alpha value is -2.47. The number of rotatable bonds is 7. The van der Waals surface area contributed by atoms with Crippen molar-refractivity contribution in [1.82, 2.24) is 10.2 Å². The van der Waals surface area contributed by atoms with E-state index in [1.807, 2.05) is 25.1 Å². The van der Waals surface area contributed by atoms with Crippen LogP contribution in [0.4, 0.5) is 11.5 Å². The van der Waals surface area contributed by atoms with Gasteiger partial charge in [0.25, 0.3) is 5.91 Å².